The van der Waals surface area contributed by atoms with Crippen LogP contribution in [0.1, 0.15) is 68.0 Å². The second kappa shape index (κ2) is 22.8. The van der Waals surface area contributed by atoms with Crippen molar-refractivity contribution >= 4 is 27.4 Å². The monoisotopic (exact) mass is 850 g/mol. The number of rotatable bonds is 9. The molecular formula is C62H63N3. The van der Waals surface area contributed by atoms with Gasteiger partial charge in [-0.25, -0.2) is 9.97 Å². The van der Waals surface area contributed by atoms with Gasteiger partial charge in [-0.05, 0) is 104 Å². The van der Waals surface area contributed by atoms with E-state index in [1.807, 2.05) is 58.0 Å². The summed E-state index contributed by atoms with van der Waals surface area (Å²) in [6.45, 7) is 23.0. The van der Waals surface area contributed by atoms with E-state index in [1.54, 1.807) is 0 Å². The van der Waals surface area contributed by atoms with Crippen LogP contribution in [0.5, 0.6) is 0 Å². The molecule has 9 aromatic rings. The molecule has 0 radical (unpaired) electrons. The molecule has 0 amide bonds. The zero-order valence-electron chi connectivity index (χ0n) is 39.7. The number of aryl methyl sites for hydroxylation is 3. The Morgan fingerprint density at radius 3 is 1.82 bits per heavy atom. The molecule has 0 saturated heterocycles. The van der Waals surface area contributed by atoms with Crippen LogP contribution < -0.4 is 0 Å². The molecule has 2 heterocycles. The number of nitrogens with zero attached hydrogens (tertiary/aromatic N) is 3. The number of fused-ring (bicyclic) bond motifs is 3. The van der Waals surface area contributed by atoms with Gasteiger partial charge in [-0.3, -0.25) is 4.57 Å². The highest BCUT2D eigenvalue weighted by Gasteiger charge is 2.21. The van der Waals surface area contributed by atoms with Crippen molar-refractivity contribution in [1.82, 2.24) is 14.5 Å². The molecule has 2 aromatic heterocycles. The first-order chi connectivity index (χ1) is 31.8. The minimum atomic E-state index is 0.693. The average Bonchev–Trinajstić information content (AvgIpc) is 3.68. The Balaban J connectivity index is 0.000000570. The van der Waals surface area contributed by atoms with Crippen LogP contribution in [0.25, 0.3) is 67.0 Å². The van der Waals surface area contributed by atoms with Crippen molar-refractivity contribution in [2.45, 2.75) is 68.7 Å². The van der Waals surface area contributed by atoms with Gasteiger partial charge < -0.3 is 0 Å². The maximum atomic E-state index is 5.42. The Labute approximate surface area is 388 Å². The highest BCUT2D eigenvalue weighted by Crippen LogP contribution is 2.38. The molecule has 9 rings (SSSR count). The van der Waals surface area contributed by atoms with Gasteiger partial charge in [0.1, 0.15) is 5.82 Å². The molecule has 326 valence electrons. The predicted molar refractivity (Wildman–Crippen MR) is 283 cm³/mol. The summed E-state index contributed by atoms with van der Waals surface area (Å²) in [5.74, 6) is 1.57. The van der Waals surface area contributed by atoms with E-state index in [-0.39, 0.29) is 0 Å². The summed E-state index contributed by atoms with van der Waals surface area (Å²) in [4.78, 5) is 10.7. The molecule has 65 heavy (non-hydrogen) atoms. The predicted octanol–water partition coefficient (Wildman–Crippen LogP) is 17.3. The first-order valence-electron chi connectivity index (χ1n) is 23.0. The molecule has 0 unspecified atom stereocenters. The summed E-state index contributed by atoms with van der Waals surface area (Å²) >= 11 is 0. The summed E-state index contributed by atoms with van der Waals surface area (Å²) in [5, 5.41) is 2.34. The number of hydrogen-bond acceptors (Lipinski definition) is 2. The largest absolute Gasteiger partial charge is 0.293 e. The molecule has 0 bridgehead atoms. The van der Waals surface area contributed by atoms with Gasteiger partial charge >= 0.3 is 0 Å². The molecule has 3 nitrogen and oxygen atoms in total. The van der Waals surface area contributed by atoms with Gasteiger partial charge in [0.15, 0.2) is 5.82 Å². The molecule has 0 saturated carbocycles. The maximum Gasteiger partial charge on any atom is 0.162 e. The van der Waals surface area contributed by atoms with Gasteiger partial charge in [-0.1, -0.05) is 215 Å². The van der Waals surface area contributed by atoms with Crippen molar-refractivity contribution in [3.8, 4) is 39.6 Å². The van der Waals surface area contributed by atoms with E-state index in [2.05, 4.69) is 210 Å². The Bertz CT molecular complexity index is 3060. The quantitative estimate of drug-likeness (QED) is 0.135. The number of aromatic nitrogens is 3. The first-order valence-corrected chi connectivity index (χ1v) is 23.0. The smallest absolute Gasteiger partial charge is 0.162 e. The molecule has 0 aliphatic carbocycles. The lowest BCUT2D eigenvalue weighted by Gasteiger charge is -2.17. The van der Waals surface area contributed by atoms with Gasteiger partial charge in [0.25, 0.3) is 0 Å². The summed E-state index contributed by atoms with van der Waals surface area (Å²) in [7, 11) is 0. The van der Waals surface area contributed by atoms with Crippen LogP contribution in [0.3, 0.4) is 0 Å². The molecule has 0 aliphatic rings. The van der Waals surface area contributed by atoms with Crippen LogP contribution >= 0.6 is 0 Å². The second-order valence-corrected chi connectivity index (χ2v) is 15.8. The fourth-order valence-electron chi connectivity index (χ4n) is 8.02. The van der Waals surface area contributed by atoms with Crippen molar-refractivity contribution in [2.75, 3.05) is 0 Å². The zero-order chi connectivity index (χ0) is 46.3. The molecule has 3 heteroatoms. The fourth-order valence-corrected chi connectivity index (χ4v) is 8.02. The van der Waals surface area contributed by atoms with Crippen LogP contribution in [0.15, 0.2) is 206 Å². The Hall–Kier alpha value is -7.36. The summed E-state index contributed by atoms with van der Waals surface area (Å²) in [5.41, 5.74) is 17.2. The topological polar surface area (TPSA) is 30.7 Å². The molecule has 0 fully saturated rings. The van der Waals surface area contributed by atoms with Crippen LogP contribution in [0.2, 0.25) is 0 Å². The SMILES string of the molecule is C=C/C(=C\C=C(\C)Cc1ccccc1C)c1ccc2c(c1)c1ccccc1n2-c1nc(-c2cccc(-c3ccccc3)c2)nc(-c2ccccc2C)c1C.CC.CC.Cc1ccccc1. The maximum absolute atomic E-state index is 5.42. The van der Waals surface area contributed by atoms with Gasteiger partial charge in [0.2, 0.25) is 0 Å². The van der Waals surface area contributed by atoms with Gasteiger partial charge in [0.05, 0.1) is 16.7 Å². The molecule has 0 atom stereocenters. The number of benzene rings is 7. The van der Waals surface area contributed by atoms with Crippen molar-refractivity contribution < 1.29 is 0 Å². The van der Waals surface area contributed by atoms with E-state index in [0.717, 1.165) is 67.9 Å². The van der Waals surface area contributed by atoms with Crippen molar-refractivity contribution in [3.05, 3.63) is 240 Å². The summed E-state index contributed by atoms with van der Waals surface area (Å²) in [6.07, 6.45) is 7.29. The highest BCUT2D eigenvalue weighted by molar-refractivity contribution is 6.10. The zero-order valence-corrected chi connectivity index (χ0v) is 39.7. The standard InChI is InChI=1S/C51H43N3.C7H8.2C2H6/c1-6-38(28-27-34(2)31-40-21-12-10-17-35(40)3)42-29-30-48-46(33-42)45-25-14-15-26-47(45)54(48)51-37(5)49(44-24-13-11-18-36(44)4)52-50(53-51)43-23-16-22-41(32-43)39-19-8-7-9-20-39;1-7-5-3-2-4-6-7;2*1-2/h6-30,32-33H,1,31H2,2-5H3;2-6H,1H3;2*1-2H3/b34-27-,38-28+;;;. The van der Waals surface area contributed by atoms with Gasteiger partial charge in [0, 0.05) is 27.5 Å². The van der Waals surface area contributed by atoms with Crippen molar-refractivity contribution in [3.63, 3.8) is 0 Å². The number of allylic oxidation sites excluding steroid dienone is 5. The van der Waals surface area contributed by atoms with Crippen LogP contribution in [0.4, 0.5) is 0 Å². The molecular weight excluding hydrogens is 787 g/mol. The molecule has 7 aromatic carbocycles. The van der Waals surface area contributed by atoms with E-state index in [9.17, 15) is 0 Å². The van der Waals surface area contributed by atoms with Crippen LogP contribution in [-0.4, -0.2) is 14.5 Å². The van der Waals surface area contributed by atoms with Gasteiger partial charge in [-0.15, -0.1) is 0 Å². The Morgan fingerprint density at radius 2 is 1.14 bits per heavy atom. The fraction of sp³-hybridized carbons (Fsp3) is 0.161. The number of para-hydroxylation sites is 1. The Kier molecular flexibility index (Phi) is 16.6. The van der Waals surface area contributed by atoms with E-state index in [4.69, 9.17) is 9.97 Å². The van der Waals surface area contributed by atoms with Crippen LogP contribution in [0, 0.1) is 27.7 Å². The molecule has 0 N–H and O–H groups in total. The van der Waals surface area contributed by atoms with Crippen LogP contribution in [-0.2, 0) is 6.42 Å². The van der Waals surface area contributed by atoms with E-state index in [0.29, 0.717) is 5.82 Å². The Morgan fingerprint density at radius 1 is 0.538 bits per heavy atom. The highest BCUT2D eigenvalue weighted by atomic mass is 15.1. The van der Waals surface area contributed by atoms with E-state index < -0.39 is 0 Å². The lowest BCUT2D eigenvalue weighted by atomic mass is 9.99. The second-order valence-electron chi connectivity index (χ2n) is 15.8. The third-order valence-electron chi connectivity index (χ3n) is 11.4. The van der Waals surface area contributed by atoms with Crippen molar-refractivity contribution in [1.29, 1.82) is 0 Å². The summed E-state index contributed by atoms with van der Waals surface area (Å²) < 4.78 is 2.32. The summed E-state index contributed by atoms with van der Waals surface area (Å²) in [6, 6.07) is 61.8. The van der Waals surface area contributed by atoms with E-state index >= 15 is 0 Å². The molecule has 0 spiro atoms. The lowest BCUT2D eigenvalue weighted by molar-refractivity contribution is 1.02. The third-order valence-corrected chi connectivity index (χ3v) is 11.4. The average molecular weight is 850 g/mol. The lowest BCUT2D eigenvalue weighted by Crippen LogP contribution is -2.07. The third kappa shape index (κ3) is 11.1. The normalized spacial score (nSPS) is 11.2. The van der Waals surface area contributed by atoms with Gasteiger partial charge in [-0.2, -0.15) is 0 Å². The van der Waals surface area contributed by atoms with Crippen molar-refractivity contribution in [2.24, 2.45) is 0 Å². The minimum absolute atomic E-state index is 0.693. The minimum Gasteiger partial charge on any atom is -0.293 e. The number of hydrogen-bond donors (Lipinski definition) is 0. The molecule has 0 aliphatic heterocycles. The van der Waals surface area contributed by atoms with E-state index in [1.165, 1.54) is 38.6 Å². The first kappa shape index (κ1) is 47.1.